The maximum absolute atomic E-state index is 10.4. The number of hydrogen-bond acceptors (Lipinski definition) is 5. The van der Waals surface area contributed by atoms with E-state index in [-0.39, 0.29) is 13.2 Å². The fourth-order valence-electron chi connectivity index (χ4n) is 0.317. The van der Waals surface area contributed by atoms with Gasteiger partial charge in [-0.25, -0.2) is 4.79 Å². The maximum atomic E-state index is 10.4. The molecule has 5 nitrogen and oxygen atoms in total. The summed E-state index contributed by atoms with van der Waals surface area (Å²) >= 11 is 0. The van der Waals surface area contributed by atoms with Crippen LogP contribution in [0.4, 0.5) is 0 Å². The fourth-order valence-corrected chi connectivity index (χ4v) is 0.317. The molecular formula is C6H9NO4. The van der Waals surface area contributed by atoms with Crippen molar-refractivity contribution >= 4 is 12.4 Å². The Morgan fingerprint density at radius 1 is 1.55 bits per heavy atom. The molecule has 0 heterocycles. The number of ether oxygens (including phenoxy) is 1. The van der Waals surface area contributed by atoms with Gasteiger partial charge in [-0.3, -0.25) is 5.41 Å². The summed E-state index contributed by atoms with van der Waals surface area (Å²) in [5.41, 5.74) is 0. The van der Waals surface area contributed by atoms with Gasteiger partial charge in [0.25, 0.3) is 0 Å². The van der Waals surface area contributed by atoms with E-state index in [4.69, 9.17) is 5.41 Å². The van der Waals surface area contributed by atoms with Gasteiger partial charge in [-0.1, -0.05) is 6.58 Å². The van der Waals surface area contributed by atoms with E-state index in [1.807, 2.05) is 0 Å². The van der Waals surface area contributed by atoms with E-state index in [2.05, 4.69) is 21.1 Å². The molecular weight excluding hydrogens is 150 g/mol. The molecule has 11 heavy (non-hydrogen) atoms. The monoisotopic (exact) mass is 159 g/mol. The summed E-state index contributed by atoms with van der Waals surface area (Å²) in [6, 6.07) is 0. The lowest BCUT2D eigenvalue weighted by Crippen LogP contribution is -2.08. The number of nitrogens with one attached hydrogen (secondary N) is 1. The van der Waals surface area contributed by atoms with Gasteiger partial charge in [0, 0.05) is 6.08 Å². The number of hydrogen-bond donors (Lipinski definition) is 1. The van der Waals surface area contributed by atoms with Crippen LogP contribution in [0.1, 0.15) is 0 Å². The second-order valence-electron chi connectivity index (χ2n) is 1.41. The molecule has 1 N–H and O–H groups in total. The molecule has 0 fully saturated rings. The van der Waals surface area contributed by atoms with E-state index in [1.54, 1.807) is 0 Å². The lowest BCUT2D eigenvalue weighted by Gasteiger charge is -1.99. The zero-order valence-electron chi connectivity index (χ0n) is 5.91. The average molecular weight is 159 g/mol. The first-order valence-electron chi connectivity index (χ1n) is 2.87. The quantitative estimate of drug-likeness (QED) is 0.115. The summed E-state index contributed by atoms with van der Waals surface area (Å²) < 4.78 is 4.50. The minimum Gasteiger partial charge on any atom is -0.460 e. The van der Waals surface area contributed by atoms with E-state index < -0.39 is 5.97 Å². The van der Waals surface area contributed by atoms with Gasteiger partial charge < -0.3 is 9.62 Å². The molecule has 0 spiro atoms. The highest BCUT2D eigenvalue weighted by atomic mass is 17.2. The van der Waals surface area contributed by atoms with Gasteiger partial charge >= 0.3 is 5.97 Å². The van der Waals surface area contributed by atoms with Crippen molar-refractivity contribution in [2.45, 2.75) is 0 Å². The zero-order valence-corrected chi connectivity index (χ0v) is 5.91. The van der Waals surface area contributed by atoms with Gasteiger partial charge in [-0.05, 0) is 0 Å². The molecule has 0 aromatic heterocycles. The molecule has 0 aromatic carbocycles. The Hall–Kier alpha value is -1.36. The number of carbonyl (C=O) groups excluding carboxylic acids is 1. The molecule has 0 saturated heterocycles. The molecule has 0 atom stereocenters. The Morgan fingerprint density at radius 3 is 2.82 bits per heavy atom. The molecule has 0 bridgehead atoms. The predicted octanol–water partition coefficient (Wildman–Crippen LogP) is 0.271. The summed E-state index contributed by atoms with van der Waals surface area (Å²) in [6.07, 6.45) is 1.69. The first-order chi connectivity index (χ1) is 5.31. The lowest BCUT2D eigenvalue weighted by molar-refractivity contribution is -0.224. The fraction of sp³-hybridized carbons (Fsp3) is 0.333. The predicted molar refractivity (Wildman–Crippen MR) is 37.0 cm³/mol. The van der Waals surface area contributed by atoms with Crippen LogP contribution in [0.3, 0.4) is 0 Å². The topological polar surface area (TPSA) is 68.6 Å². The van der Waals surface area contributed by atoms with Gasteiger partial charge in [0.15, 0.2) is 0 Å². The Bertz CT molecular complexity index is 146. The molecule has 0 aliphatic rings. The number of carbonyl (C=O) groups is 1. The summed E-state index contributed by atoms with van der Waals surface area (Å²) in [6.45, 7) is 3.37. The van der Waals surface area contributed by atoms with Crippen molar-refractivity contribution in [1.82, 2.24) is 0 Å². The Balaban J connectivity index is 3.07. The van der Waals surface area contributed by atoms with Gasteiger partial charge in [-0.15, -0.1) is 0 Å². The Labute approximate surface area is 64.0 Å². The van der Waals surface area contributed by atoms with Crippen LogP contribution in [-0.2, 0) is 19.3 Å². The maximum Gasteiger partial charge on any atom is 0.330 e. The van der Waals surface area contributed by atoms with Crippen LogP contribution in [0.15, 0.2) is 12.7 Å². The second kappa shape index (κ2) is 6.76. The third-order valence-electron chi connectivity index (χ3n) is 0.694. The molecule has 0 unspecified atom stereocenters. The molecule has 0 rings (SSSR count). The van der Waals surface area contributed by atoms with Crippen molar-refractivity contribution in [3.05, 3.63) is 12.7 Å². The zero-order chi connectivity index (χ0) is 8.53. The first-order valence-corrected chi connectivity index (χ1v) is 2.87. The molecule has 0 aliphatic carbocycles. The van der Waals surface area contributed by atoms with Crippen LogP contribution in [0, 0.1) is 5.41 Å². The molecule has 62 valence electrons. The van der Waals surface area contributed by atoms with Gasteiger partial charge in [0.2, 0.25) is 6.40 Å². The van der Waals surface area contributed by atoms with Crippen LogP contribution in [0.5, 0.6) is 0 Å². The number of esters is 1. The van der Waals surface area contributed by atoms with E-state index >= 15 is 0 Å². The average Bonchev–Trinajstić information content (AvgIpc) is 2.04. The summed E-state index contributed by atoms with van der Waals surface area (Å²) in [5, 5.41) is 6.36. The van der Waals surface area contributed by atoms with Crippen molar-refractivity contribution in [1.29, 1.82) is 5.41 Å². The van der Waals surface area contributed by atoms with E-state index in [1.165, 1.54) is 0 Å². The third kappa shape index (κ3) is 6.53. The largest absolute Gasteiger partial charge is 0.460 e. The van der Waals surface area contributed by atoms with Gasteiger partial charge in [-0.2, -0.15) is 4.89 Å². The summed E-state index contributed by atoms with van der Waals surface area (Å²) in [7, 11) is 0. The first kappa shape index (κ1) is 9.64. The molecule has 0 saturated carbocycles. The van der Waals surface area contributed by atoms with Gasteiger partial charge in [0.1, 0.15) is 13.2 Å². The lowest BCUT2D eigenvalue weighted by atomic mass is 10.6. The molecule has 0 aromatic rings. The molecule has 0 amide bonds. The highest BCUT2D eigenvalue weighted by molar-refractivity contribution is 5.81. The Morgan fingerprint density at radius 2 is 2.27 bits per heavy atom. The molecule has 0 radical (unpaired) electrons. The molecule has 0 aliphatic heterocycles. The van der Waals surface area contributed by atoms with Crippen LogP contribution in [-0.4, -0.2) is 25.6 Å². The van der Waals surface area contributed by atoms with Crippen molar-refractivity contribution < 1.29 is 19.3 Å². The van der Waals surface area contributed by atoms with Crippen LogP contribution in [0.25, 0.3) is 0 Å². The highest BCUT2D eigenvalue weighted by Crippen LogP contribution is 1.80. The SMILES string of the molecule is C=CC(=O)OCCOOC=N. The minimum absolute atomic E-state index is 0.0820. The van der Waals surface area contributed by atoms with Crippen molar-refractivity contribution in [2.24, 2.45) is 0 Å². The Kier molecular flexibility index (Phi) is 5.92. The van der Waals surface area contributed by atoms with Crippen molar-refractivity contribution in [3.8, 4) is 0 Å². The minimum atomic E-state index is -0.511. The third-order valence-corrected chi connectivity index (χ3v) is 0.694. The van der Waals surface area contributed by atoms with E-state index in [0.717, 1.165) is 6.08 Å². The van der Waals surface area contributed by atoms with Crippen molar-refractivity contribution in [2.75, 3.05) is 13.2 Å². The van der Waals surface area contributed by atoms with Crippen LogP contribution in [0.2, 0.25) is 0 Å². The van der Waals surface area contributed by atoms with Crippen molar-refractivity contribution in [3.63, 3.8) is 0 Å². The summed E-state index contributed by atoms with van der Waals surface area (Å²) in [4.78, 5) is 18.8. The van der Waals surface area contributed by atoms with Gasteiger partial charge in [0.05, 0.1) is 0 Å². The van der Waals surface area contributed by atoms with E-state index in [9.17, 15) is 4.79 Å². The second-order valence-corrected chi connectivity index (χ2v) is 1.41. The normalized spacial score (nSPS) is 8.36. The highest BCUT2D eigenvalue weighted by Gasteiger charge is 1.93. The molecule has 5 heteroatoms. The summed E-state index contributed by atoms with van der Waals surface area (Å²) in [5.74, 6) is -0.511. The smallest absolute Gasteiger partial charge is 0.330 e. The van der Waals surface area contributed by atoms with Crippen LogP contribution >= 0.6 is 0 Å². The van der Waals surface area contributed by atoms with Crippen LogP contribution < -0.4 is 0 Å². The number of rotatable bonds is 6. The standard InChI is InChI=1S/C6H9NO4/c1-2-6(8)9-3-4-10-11-5-7/h2,5,7H,1,3-4H2. The van der Waals surface area contributed by atoms with E-state index in [0.29, 0.717) is 6.40 Å².